The van der Waals surface area contributed by atoms with Crippen LogP contribution in [-0.4, -0.2) is 30.7 Å². The molecule has 7 heteroatoms. The van der Waals surface area contributed by atoms with Crippen molar-refractivity contribution in [3.05, 3.63) is 41.7 Å². The second kappa shape index (κ2) is 6.56. The number of para-hydroxylation sites is 1. The van der Waals surface area contributed by atoms with Crippen LogP contribution in [0.2, 0.25) is 0 Å². The zero-order chi connectivity index (χ0) is 15.2. The molecule has 0 fully saturated rings. The third-order valence-corrected chi connectivity index (χ3v) is 2.56. The fraction of sp³-hybridized carbons (Fsp3) is 0.214. The third-order valence-electron chi connectivity index (χ3n) is 2.56. The summed E-state index contributed by atoms with van der Waals surface area (Å²) in [6, 6.07) is 8.10. The molecule has 0 radical (unpaired) electrons. The Kier molecular flexibility index (Phi) is 4.55. The summed E-state index contributed by atoms with van der Waals surface area (Å²) in [5.41, 5.74) is 0.625. The highest BCUT2D eigenvalue weighted by atomic mass is 16.5. The molecule has 0 aliphatic carbocycles. The van der Waals surface area contributed by atoms with Gasteiger partial charge in [-0.25, -0.2) is 4.79 Å². The van der Waals surface area contributed by atoms with Crippen LogP contribution < -0.4 is 10.1 Å². The van der Waals surface area contributed by atoms with Crippen LogP contribution in [0, 0.1) is 6.92 Å². The number of hydrogen-bond acceptors (Lipinski definition) is 6. The molecule has 1 N–H and O–H groups in total. The molecule has 0 aliphatic rings. The van der Waals surface area contributed by atoms with Crippen molar-refractivity contribution in [2.45, 2.75) is 6.92 Å². The number of carbonyl (C=O) groups excluding carboxylic acids is 2. The number of hydrogen-bond donors (Lipinski definition) is 1. The number of methoxy groups -OCH3 is 1. The van der Waals surface area contributed by atoms with E-state index in [0.717, 1.165) is 0 Å². The second-order valence-electron chi connectivity index (χ2n) is 4.15. The SMILES string of the molecule is COC(=O)c1ccccc1NC(=O)COc1cc(C)on1. The lowest BCUT2D eigenvalue weighted by molar-refractivity contribution is -0.118. The second-order valence-corrected chi connectivity index (χ2v) is 4.15. The van der Waals surface area contributed by atoms with Gasteiger partial charge in [0, 0.05) is 6.07 Å². The number of esters is 1. The highest BCUT2D eigenvalue weighted by Crippen LogP contribution is 2.16. The molecule has 21 heavy (non-hydrogen) atoms. The molecule has 1 heterocycles. The van der Waals surface area contributed by atoms with Gasteiger partial charge in [0.15, 0.2) is 6.61 Å². The number of ether oxygens (including phenoxy) is 2. The summed E-state index contributed by atoms with van der Waals surface area (Å²) in [6.45, 7) is 1.47. The lowest BCUT2D eigenvalue weighted by Gasteiger charge is -2.09. The number of anilines is 1. The number of aromatic nitrogens is 1. The normalized spacial score (nSPS) is 10.0. The van der Waals surface area contributed by atoms with Gasteiger partial charge in [-0.1, -0.05) is 12.1 Å². The van der Waals surface area contributed by atoms with E-state index in [2.05, 4.69) is 15.2 Å². The highest BCUT2D eigenvalue weighted by Gasteiger charge is 2.13. The van der Waals surface area contributed by atoms with E-state index >= 15 is 0 Å². The van der Waals surface area contributed by atoms with Crippen molar-refractivity contribution >= 4 is 17.6 Å². The van der Waals surface area contributed by atoms with Gasteiger partial charge in [0.2, 0.25) is 0 Å². The smallest absolute Gasteiger partial charge is 0.339 e. The van der Waals surface area contributed by atoms with Crippen molar-refractivity contribution in [2.24, 2.45) is 0 Å². The van der Waals surface area contributed by atoms with Crippen LogP contribution >= 0.6 is 0 Å². The van der Waals surface area contributed by atoms with E-state index in [-0.39, 0.29) is 18.1 Å². The number of aryl methyl sites for hydroxylation is 1. The quantitative estimate of drug-likeness (QED) is 0.844. The molecule has 0 saturated heterocycles. The molecule has 0 bridgehead atoms. The molecule has 0 saturated carbocycles. The highest BCUT2D eigenvalue weighted by molar-refractivity contribution is 6.01. The summed E-state index contributed by atoms with van der Waals surface area (Å²) in [7, 11) is 1.27. The molecule has 0 spiro atoms. The van der Waals surface area contributed by atoms with Crippen LogP contribution in [0.15, 0.2) is 34.9 Å². The maximum Gasteiger partial charge on any atom is 0.339 e. The Morgan fingerprint density at radius 3 is 2.76 bits per heavy atom. The van der Waals surface area contributed by atoms with E-state index in [4.69, 9.17) is 9.26 Å². The first kappa shape index (κ1) is 14.6. The lowest BCUT2D eigenvalue weighted by Crippen LogP contribution is -2.21. The van der Waals surface area contributed by atoms with E-state index in [1.165, 1.54) is 7.11 Å². The Labute approximate surface area is 120 Å². The maximum absolute atomic E-state index is 11.8. The molecular weight excluding hydrogens is 276 g/mol. The van der Waals surface area contributed by atoms with Gasteiger partial charge in [-0.3, -0.25) is 4.79 Å². The van der Waals surface area contributed by atoms with Crippen molar-refractivity contribution in [3.8, 4) is 5.88 Å². The number of nitrogens with one attached hydrogen (secondary N) is 1. The van der Waals surface area contributed by atoms with Gasteiger partial charge in [0.05, 0.1) is 18.4 Å². The van der Waals surface area contributed by atoms with E-state index < -0.39 is 11.9 Å². The summed E-state index contributed by atoms with van der Waals surface area (Å²) in [6.07, 6.45) is 0. The van der Waals surface area contributed by atoms with Crippen molar-refractivity contribution in [1.29, 1.82) is 0 Å². The van der Waals surface area contributed by atoms with Gasteiger partial charge in [-0.15, -0.1) is 0 Å². The lowest BCUT2D eigenvalue weighted by atomic mass is 10.2. The van der Waals surface area contributed by atoms with Gasteiger partial charge < -0.3 is 19.3 Å². The van der Waals surface area contributed by atoms with Crippen LogP contribution in [0.5, 0.6) is 5.88 Å². The van der Waals surface area contributed by atoms with Crippen LogP contribution in [-0.2, 0) is 9.53 Å². The largest absolute Gasteiger partial charge is 0.465 e. The van der Waals surface area contributed by atoms with Crippen molar-refractivity contribution < 1.29 is 23.6 Å². The zero-order valence-corrected chi connectivity index (χ0v) is 11.6. The van der Waals surface area contributed by atoms with Gasteiger partial charge >= 0.3 is 5.97 Å². The summed E-state index contributed by atoms with van der Waals surface area (Å²) < 4.78 is 14.6. The molecule has 0 aliphatic heterocycles. The van der Waals surface area contributed by atoms with Crippen molar-refractivity contribution in [3.63, 3.8) is 0 Å². The summed E-state index contributed by atoms with van der Waals surface area (Å²) >= 11 is 0. The standard InChI is InChI=1S/C14H14N2O5/c1-9-7-13(16-21-9)20-8-12(17)15-11-6-4-3-5-10(11)14(18)19-2/h3-7H,8H2,1-2H3,(H,15,17). The minimum Gasteiger partial charge on any atom is -0.465 e. The average Bonchev–Trinajstić information content (AvgIpc) is 2.90. The van der Waals surface area contributed by atoms with E-state index in [0.29, 0.717) is 11.4 Å². The maximum atomic E-state index is 11.8. The Balaban J connectivity index is 1.98. The molecule has 7 nitrogen and oxygen atoms in total. The Morgan fingerprint density at radius 2 is 2.10 bits per heavy atom. The minimum atomic E-state index is -0.529. The zero-order valence-electron chi connectivity index (χ0n) is 11.6. The molecule has 110 valence electrons. The number of nitrogens with zero attached hydrogens (tertiary/aromatic N) is 1. The Bertz CT molecular complexity index is 650. The van der Waals surface area contributed by atoms with Crippen molar-refractivity contribution in [1.82, 2.24) is 5.16 Å². The van der Waals surface area contributed by atoms with E-state index in [9.17, 15) is 9.59 Å². The molecule has 2 rings (SSSR count). The van der Waals surface area contributed by atoms with Gasteiger partial charge in [-0.2, -0.15) is 0 Å². The van der Waals surface area contributed by atoms with Gasteiger partial charge in [-0.05, 0) is 24.2 Å². The summed E-state index contributed by atoms with van der Waals surface area (Å²) in [4.78, 5) is 23.4. The molecular formula is C14H14N2O5. The minimum absolute atomic E-state index is 0.226. The van der Waals surface area contributed by atoms with E-state index in [1.54, 1.807) is 37.3 Å². The third kappa shape index (κ3) is 3.82. The summed E-state index contributed by atoms with van der Waals surface area (Å²) in [5.74, 6) is -0.142. The van der Waals surface area contributed by atoms with Crippen LogP contribution in [0.3, 0.4) is 0 Å². The predicted molar refractivity (Wildman–Crippen MR) is 73.1 cm³/mol. The first-order valence-electron chi connectivity index (χ1n) is 6.13. The number of rotatable bonds is 5. The molecule has 0 unspecified atom stereocenters. The van der Waals surface area contributed by atoms with Crippen LogP contribution in [0.25, 0.3) is 0 Å². The first-order valence-corrected chi connectivity index (χ1v) is 6.13. The van der Waals surface area contributed by atoms with Crippen molar-refractivity contribution in [2.75, 3.05) is 19.0 Å². The molecule has 2 aromatic rings. The number of benzene rings is 1. The first-order chi connectivity index (χ1) is 10.1. The summed E-state index contributed by atoms with van der Waals surface area (Å²) in [5, 5.41) is 6.18. The molecule has 0 atom stereocenters. The van der Waals surface area contributed by atoms with Gasteiger partial charge in [0.1, 0.15) is 5.76 Å². The van der Waals surface area contributed by atoms with Crippen LogP contribution in [0.4, 0.5) is 5.69 Å². The molecule has 1 aromatic carbocycles. The molecule has 1 aromatic heterocycles. The Morgan fingerprint density at radius 1 is 1.33 bits per heavy atom. The van der Waals surface area contributed by atoms with Crippen LogP contribution in [0.1, 0.15) is 16.1 Å². The molecule has 1 amide bonds. The fourth-order valence-corrected chi connectivity index (χ4v) is 1.62. The monoisotopic (exact) mass is 290 g/mol. The number of amides is 1. The predicted octanol–water partition coefficient (Wildman–Crippen LogP) is 1.79. The number of carbonyl (C=O) groups is 2. The van der Waals surface area contributed by atoms with E-state index in [1.807, 2.05) is 0 Å². The van der Waals surface area contributed by atoms with Gasteiger partial charge in [0.25, 0.3) is 11.8 Å². The topological polar surface area (TPSA) is 90.7 Å². The fourth-order valence-electron chi connectivity index (χ4n) is 1.62. The average molecular weight is 290 g/mol. The Hall–Kier alpha value is -2.83.